The smallest absolute Gasteiger partial charge is 0.132 e. The Hall–Kier alpha value is -2.27. The van der Waals surface area contributed by atoms with Gasteiger partial charge in [0.15, 0.2) is 0 Å². The van der Waals surface area contributed by atoms with Crippen molar-refractivity contribution in [3.63, 3.8) is 0 Å². The molecule has 0 radical (unpaired) electrons. The van der Waals surface area contributed by atoms with Crippen molar-refractivity contribution >= 4 is 27.6 Å². The van der Waals surface area contributed by atoms with Crippen LogP contribution in [0.4, 0.5) is 11.6 Å². The number of hydrogen-bond acceptors (Lipinski definition) is 4. The third kappa shape index (κ3) is 3.00. The summed E-state index contributed by atoms with van der Waals surface area (Å²) in [5, 5.41) is 3.17. The fourth-order valence-electron chi connectivity index (χ4n) is 1.77. The van der Waals surface area contributed by atoms with Gasteiger partial charge in [-0.3, -0.25) is 0 Å². The minimum absolute atomic E-state index is 0.739. The predicted octanol–water partition coefficient (Wildman–Crippen LogP) is 4.04. The summed E-state index contributed by atoms with van der Waals surface area (Å²) in [5.41, 5.74) is 1.64. The van der Waals surface area contributed by atoms with E-state index in [1.54, 1.807) is 6.20 Å². The van der Waals surface area contributed by atoms with Crippen LogP contribution in [-0.4, -0.2) is 15.0 Å². The van der Waals surface area contributed by atoms with Crippen LogP contribution in [0.15, 0.2) is 65.4 Å². The maximum atomic E-state index is 4.54. The Bertz CT molecular complexity index is 716. The van der Waals surface area contributed by atoms with E-state index in [2.05, 4.69) is 36.2 Å². The first-order chi connectivity index (χ1) is 9.81. The fourth-order valence-corrected chi connectivity index (χ4v) is 2.11. The lowest BCUT2D eigenvalue weighted by atomic mass is 10.2. The summed E-state index contributed by atoms with van der Waals surface area (Å²) in [4.78, 5) is 13.2. The zero-order valence-corrected chi connectivity index (χ0v) is 12.1. The Morgan fingerprint density at radius 2 is 1.50 bits per heavy atom. The molecule has 3 aromatic rings. The summed E-state index contributed by atoms with van der Waals surface area (Å²) < 4.78 is 0.792. The third-order valence-corrected chi connectivity index (χ3v) is 3.09. The van der Waals surface area contributed by atoms with Gasteiger partial charge in [0.2, 0.25) is 0 Å². The number of halogens is 1. The van der Waals surface area contributed by atoms with Crippen molar-refractivity contribution in [2.45, 2.75) is 0 Å². The summed E-state index contributed by atoms with van der Waals surface area (Å²) in [6, 6.07) is 17.2. The highest BCUT2D eigenvalue weighted by Gasteiger charge is 2.03. The van der Waals surface area contributed by atoms with Crippen LogP contribution in [0.5, 0.6) is 0 Å². The highest BCUT2D eigenvalue weighted by molar-refractivity contribution is 9.10. The van der Waals surface area contributed by atoms with Crippen LogP contribution < -0.4 is 5.32 Å². The van der Waals surface area contributed by atoms with Gasteiger partial charge in [-0.2, -0.15) is 0 Å². The van der Waals surface area contributed by atoms with Crippen LogP contribution in [0.3, 0.4) is 0 Å². The lowest BCUT2D eigenvalue weighted by Crippen LogP contribution is -1.97. The van der Waals surface area contributed by atoms with Crippen molar-refractivity contribution in [3.8, 4) is 11.4 Å². The van der Waals surface area contributed by atoms with Gasteiger partial charge in [-0.25, -0.2) is 15.0 Å². The number of aromatic nitrogens is 3. The van der Waals surface area contributed by atoms with E-state index >= 15 is 0 Å². The number of nitrogens with one attached hydrogen (secondary N) is 1. The van der Waals surface area contributed by atoms with E-state index in [1.165, 1.54) is 0 Å². The van der Waals surface area contributed by atoms with Crippen molar-refractivity contribution in [1.29, 1.82) is 0 Å². The van der Waals surface area contributed by atoms with Crippen molar-refractivity contribution < 1.29 is 0 Å². The number of pyridine rings is 3. The van der Waals surface area contributed by atoms with Gasteiger partial charge in [-0.15, -0.1) is 0 Å². The van der Waals surface area contributed by atoms with Gasteiger partial charge in [-0.05, 0) is 52.3 Å². The first-order valence-electron chi connectivity index (χ1n) is 6.09. The van der Waals surface area contributed by atoms with Gasteiger partial charge in [0.05, 0.1) is 11.4 Å². The highest BCUT2D eigenvalue weighted by Crippen LogP contribution is 2.20. The second kappa shape index (κ2) is 5.79. The van der Waals surface area contributed by atoms with E-state index in [9.17, 15) is 0 Å². The van der Waals surface area contributed by atoms with Crippen LogP contribution in [0.1, 0.15) is 0 Å². The number of nitrogens with zero attached hydrogens (tertiary/aromatic N) is 3. The molecule has 4 nitrogen and oxygen atoms in total. The molecule has 0 aromatic carbocycles. The van der Waals surface area contributed by atoms with Gasteiger partial charge in [0.1, 0.15) is 16.2 Å². The summed E-state index contributed by atoms with van der Waals surface area (Å²) in [7, 11) is 0. The lowest BCUT2D eigenvalue weighted by Gasteiger charge is -2.06. The van der Waals surface area contributed by atoms with Gasteiger partial charge >= 0.3 is 0 Å². The molecule has 0 bridgehead atoms. The van der Waals surface area contributed by atoms with E-state index in [0.717, 1.165) is 27.6 Å². The molecule has 0 unspecified atom stereocenters. The minimum atomic E-state index is 0.739. The van der Waals surface area contributed by atoms with Crippen LogP contribution in [0, 0.1) is 0 Å². The van der Waals surface area contributed by atoms with Gasteiger partial charge in [-0.1, -0.05) is 18.2 Å². The molecular weight excluding hydrogens is 316 g/mol. The molecule has 1 N–H and O–H groups in total. The maximum absolute atomic E-state index is 4.54. The molecule has 3 rings (SSSR count). The second-order valence-corrected chi connectivity index (χ2v) is 4.91. The molecule has 0 aliphatic heterocycles. The summed E-state index contributed by atoms with van der Waals surface area (Å²) in [5.74, 6) is 1.50. The van der Waals surface area contributed by atoms with Crippen molar-refractivity contribution in [1.82, 2.24) is 15.0 Å². The maximum Gasteiger partial charge on any atom is 0.132 e. The SMILES string of the molecule is Brc1cccc(-c2cccc(Nc3ccccn3)n2)n1. The van der Waals surface area contributed by atoms with Crippen molar-refractivity contribution in [3.05, 3.63) is 65.4 Å². The van der Waals surface area contributed by atoms with E-state index < -0.39 is 0 Å². The standard InChI is InChI=1S/C15H11BrN4/c16-13-7-3-5-11(18-13)12-6-4-9-15(19-12)20-14-8-1-2-10-17-14/h1-10H,(H,17,19,20). The Morgan fingerprint density at radius 3 is 2.25 bits per heavy atom. The largest absolute Gasteiger partial charge is 0.325 e. The Morgan fingerprint density at radius 1 is 0.750 bits per heavy atom. The average molecular weight is 327 g/mol. The molecule has 0 amide bonds. The van der Waals surface area contributed by atoms with E-state index in [1.807, 2.05) is 54.6 Å². The predicted molar refractivity (Wildman–Crippen MR) is 82.7 cm³/mol. The molecule has 0 saturated heterocycles. The van der Waals surface area contributed by atoms with E-state index in [0.29, 0.717) is 0 Å². The summed E-state index contributed by atoms with van der Waals surface area (Å²) in [6.45, 7) is 0. The topological polar surface area (TPSA) is 50.7 Å². The van der Waals surface area contributed by atoms with Crippen LogP contribution in [0.2, 0.25) is 0 Å². The molecule has 3 heterocycles. The Balaban J connectivity index is 1.90. The molecule has 0 fully saturated rings. The molecular formula is C15H11BrN4. The first-order valence-corrected chi connectivity index (χ1v) is 6.88. The molecule has 3 aromatic heterocycles. The number of anilines is 2. The van der Waals surface area contributed by atoms with Crippen molar-refractivity contribution in [2.75, 3.05) is 5.32 Å². The molecule has 20 heavy (non-hydrogen) atoms. The monoisotopic (exact) mass is 326 g/mol. The summed E-state index contributed by atoms with van der Waals surface area (Å²) >= 11 is 3.37. The molecule has 0 spiro atoms. The second-order valence-electron chi connectivity index (χ2n) is 4.09. The molecule has 5 heteroatoms. The molecule has 0 aliphatic rings. The van der Waals surface area contributed by atoms with Crippen LogP contribution >= 0.6 is 15.9 Å². The number of hydrogen-bond donors (Lipinski definition) is 1. The average Bonchev–Trinajstić information content (AvgIpc) is 2.49. The zero-order valence-electron chi connectivity index (χ0n) is 10.5. The Labute approximate surface area is 125 Å². The highest BCUT2D eigenvalue weighted by atomic mass is 79.9. The normalized spacial score (nSPS) is 10.2. The third-order valence-electron chi connectivity index (χ3n) is 2.65. The van der Waals surface area contributed by atoms with Gasteiger partial charge in [0, 0.05) is 6.20 Å². The zero-order chi connectivity index (χ0) is 13.8. The lowest BCUT2D eigenvalue weighted by molar-refractivity contribution is 1.21. The number of rotatable bonds is 3. The first kappa shape index (κ1) is 12.7. The minimum Gasteiger partial charge on any atom is -0.325 e. The molecule has 0 saturated carbocycles. The fraction of sp³-hybridized carbons (Fsp3) is 0. The quantitative estimate of drug-likeness (QED) is 0.738. The summed E-state index contributed by atoms with van der Waals surface area (Å²) in [6.07, 6.45) is 1.74. The van der Waals surface area contributed by atoms with E-state index in [4.69, 9.17) is 0 Å². The molecule has 0 aliphatic carbocycles. The van der Waals surface area contributed by atoms with Crippen LogP contribution in [0.25, 0.3) is 11.4 Å². The van der Waals surface area contributed by atoms with Gasteiger partial charge in [0.25, 0.3) is 0 Å². The Kier molecular flexibility index (Phi) is 3.69. The van der Waals surface area contributed by atoms with E-state index in [-0.39, 0.29) is 0 Å². The van der Waals surface area contributed by atoms with Gasteiger partial charge < -0.3 is 5.32 Å². The molecule has 98 valence electrons. The van der Waals surface area contributed by atoms with Crippen LogP contribution in [-0.2, 0) is 0 Å². The van der Waals surface area contributed by atoms with Crippen molar-refractivity contribution in [2.24, 2.45) is 0 Å². The molecule has 0 atom stereocenters.